The number of carbonyl (C=O) groups is 2. The fourth-order valence-electron chi connectivity index (χ4n) is 2.28. The molecule has 0 aliphatic rings. The van der Waals surface area contributed by atoms with Crippen LogP contribution in [0.2, 0.25) is 0 Å². The molecule has 0 bridgehead atoms. The molecule has 0 saturated heterocycles. The number of hydrogen-bond acceptors (Lipinski definition) is 4. The van der Waals surface area contributed by atoms with Gasteiger partial charge >= 0.3 is 0 Å². The molecule has 3 N–H and O–H groups in total. The first-order valence-electron chi connectivity index (χ1n) is 8.36. The highest BCUT2D eigenvalue weighted by Gasteiger charge is 2.17. The maximum absolute atomic E-state index is 12.7. The Hall–Kier alpha value is -2.64. The number of nitrogens with one attached hydrogen (secondary N) is 2. The largest absolute Gasteiger partial charge is 0.496 e. The maximum Gasteiger partial charge on any atom is 0.267 e. The molecule has 0 spiro atoms. The molecule has 0 aromatic heterocycles. The van der Waals surface area contributed by atoms with Crippen LogP contribution in [0.25, 0.3) is 6.08 Å². The first-order valence-corrected chi connectivity index (χ1v) is 9.15. The van der Waals surface area contributed by atoms with Crippen molar-refractivity contribution in [3.05, 3.63) is 69.8 Å². The van der Waals surface area contributed by atoms with Gasteiger partial charge in [0.25, 0.3) is 11.8 Å². The van der Waals surface area contributed by atoms with Gasteiger partial charge in [0.15, 0.2) is 0 Å². The van der Waals surface area contributed by atoms with Crippen LogP contribution in [0.1, 0.15) is 22.3 Å². The van der Waals surface area contributed by atoms with Crippen LogP contribution in [-0.4, -0.2) is 37.2 Å². The van der Waals surface area contributed by atoms with Gasteiger partial charge in [-0.05, 0) is 42.3 Å². The standard InChI is InChI=1S/C20H21BrN2O4/c1-27-18-6-3-2-5-16(18)19(25)23-17(20(26)22-11-4-12-24)13-14-7-9-15(21)10-8-14/h2-3,5-10,13,24H,4,11-12H2,1H3,(H,22,26)(H,23,25)/b17-13+. The second-order valence-corrected chi connectivity index (χ2v) is 6.51. The average molecular weight is 433 g/mol. The van der Waals surface area contributed by atoms with Crippen molar-refractivity contribution < 1.29 is 19.4 Å². The molecule has 0 fully saturated rings. The van der Waals surface area contributed by atoms with Crippen molar-refractivity contribution >= 4 is 33.8 Å². The molecule has 0 unspecified atom stereocenters. The number of amides is 2. The fourth-order valence-corrected chi connectivity index (χ4v) is 2.55. The van der Waals surface area contributed by atoms with E-state index >= 15 is 0 Å². The van der Waals surface area contributed by atoms with Gasteiger partial charge in [0.1, 0.15) is 11.4 Å². The Labute approximate surface area is 166 Å². The minimum absolute atomic E-state index is 0.0282. The van der Waals surface area contributed by atoms with Crippen LogP contribution < -0.4 is 15.4 Å². The normalized spacial score (nSPS) is 11.0. The lowest BCUT2D eigenvalue weighted by Gasteiger charge is -2.12. The summed E-state index contributed by atoms with van der Waals surface area (Å²) in [4.78, 5) is 25.1. The van der Waals surface area contributed by atoms with Gasteiger partial charge < -0.3 is 20.5 Å². The van der Waals surface area contributed by atoms with Crippen LogP contribution in [0.3, 0.4) is 0 Å². The Morgan fingerprint density at radius 3 is 2.52 bits per heavy atom. The highest BCUT2D eigenvalue weighted by Crippen LogP contribution is 2.18. The van der Waals surface area contributed by atoms with Crippen molar-refractivity contribution in [1.82, 2.24) is 10.6 Å². The molecule has 0 saturated carbocycles. The summed E-state index contributed by atoms with van der Waals surface area (Å²) in [5.41, 5.74) is 1.18. The summed E-state index contributed by atoms with van der Waals surface area (Å²) in [6, 6.07) is 14.1. The first kappa shape index (κ1) is 20.7. The van der Waals surface area contributed by atoms with E-state index in [1.807, 2.05) is 24.3 Å². The van der Waals surface area contributed by atoms with E-state index in [9.17, 15) is 9.59 Å². The predicted molar refractivity (Wildman–Crippen MR) is 107 cm³/mol. The number of aliphatic hydroxyl groups is 1. The lowest BCUT2D eigenvalue weighted by atomic mass is 10.1. The summed E-state index contributed by atoms with van der Waals surface area (Å²) in [5.74, 6) is -0.471. The quantitative estimate of drug-likeness (QED) is 0.442. The molecule has 27 heavy (non-hydrogen) atoms. The Kier molecular flexibility index (Phi) is 8.03. The third-order valence-electron chi connectivity index (χ3n) is 3.65. The van der Waals surface area contributed by atoms with Crippen molar-refractivity contribution in [3.63, 3.8) is 0 Å². The minimum Gasteiger partial charge on any atom is -0.496 e. The summed E-state index contributed by atoms with van der Waals surface area (Å²) < 4.78 is 6.11. The number of para-hydroxylation sites is 1. The molecule has 2 amide bonds. The molecule has 0 heterocycles. The average Bonchev–Trinajstić information content (AvgIpc) is 2.69. The third kappa shape index (κ3) is 6.23. The number of aliphatic hydroxyl groups excluding tert-OH is 1. The van der Waals surface area contributed by atoms with Crippen LogP contribution in [0.5, 0.6) is 5.75 Å². The maximum atomic E-state index is 12.7. The van der Waals surface area contributed by atoms with Gasteiger partial charge in [0.05, 0.1) is 12.7 Å². The van der Waals surface area contributed by atoms with Crippen LogP contribution in [-0.2, 0) is 4.79 Å². The van der Waals surface area contributed by atoms with Crippen molar-refractivity contribution in [1.29, 1.82) is 0 Å². The van der Waals surface area contributed by atoms with Crippen molar-refractivity contribution in [2.75, 3.05) is 20.3 Å². The Morgan fingerprint density at radius 2 is 1.85 bits per heavy atom. The SMILES string of the molecule is COc1ccccc1C(=O)N/C(=C/c1ccc(Br)cc1)C(=O)NCCCO. The van der Waals surface area contributed by atoms with Crippen LogP contribution >= 0.6 is 15.9 Å². The van der Waals surface area contributed by atoms with Gasteiger partial charge in [-0.1, -0.05) is 40.2 Å². The molecule has 2 aromatic carbocycles. The molecule has 0 aliphatic heterocycles. The molecular weight excluding hydrogens is 412 g/mol. The van der Waals surface area contributed by atoms with Crippen molar-refractivity contribution in [2.45, 2.75) is 6.42 Å². The minimum atomic E-state index is -0.451. The fraction of sp³-hybridized carbons (Fsp3) is 0.200. The smallest absolute Gasteiger partial charge is 0.267 e. The molecule has 6 nitrogen and oxygen atoms in total. The zero-order valence-corrected chi connectivity index (χ0v) is 16.5. The summed E-state index contributed by atoms with van der Waals surface area (Å²) in [6.07, 6.45) is 2.02. The molecule has 0 radical (unpaired) electrons. The van der Waals surface area contributed by atoms with Gasteiger partial charge in [-0.2, -0.15) is 0 Å². The van der Waals surface area contributed by atoms with Crippen LogP contribution in [0.15, 0.2) is 58.7 Å². The Morgan fingerprint density at radius 1 is 1.15 bits per heavy atom. The number of halogens is 1. The van der Waals surface area contributed by atoms with E-state index in [-0.39, 0.29) is 12.3 Å². The molecular formula is C20H21BrN2O4. The lowest BCUT2D eigenvalue weighted by Crippen LogP contribution is -2.35. The molecule has 142 valence electrons. The zero-order chi connectivity index (χ0) is 19.6. The van der Waals surface area contributed by atoms with Crippen molar-refractivity contribution in [3.8, 4) is 5.75 Å². The van der Waals surface area contributed by atoms with Gasteiger partial charge in [-0.25, -0.2) is 0 Å². The van der Waals surface area contributed by atoms with E-state index in [0.29, 0.717) is 24.3 Å². The van der Waals surface area contributed by atoms with Crippen LogP contribution in [0.4, 0.5) is 0 Å². The summed E-state index contributed by atoms with van der Waals surface area (Å²) in [6.45, 7) is 0.275. The van der Waals surface area contributed by atoms with Gasteiger partial charge in [0.2, 0.25) is 0 Å². The molecule has 2 aromatic rings. The van der Waals surface area contributed by atoms with E-state index in [0.717, 1.165) is 10.0 Å². The van der Waals surface area contributed by atoms with Crippen LogP contribution in [0, 0.1) is 0 Å². The highest BCUT2D eigenvalue weighted by molar-refractivity contribution is 9.10. The summed E-state index contributed by atoms with van der Waals surface area (Å²) >= 11 is 3.36. The van der Waals surface area contributed by atoms with Crippen molar-refractivity contribution in [2.24, 2.45) is 0 Å². The van der Waals surface area contributed by atoms with Gasteiger partial charge in [-0.3, -0.25) is 9.59 Å². The number of hydrogen-bond donors (Lipinski definition) is 3. The molecule has 2 rings (SSSR count). The monoisotopic (exact) mass is 432 g/mol. The van der Waals surface area contributed by atoms with E-state index in [2.05, 4.69) is 26.6 Å². The Bertz CT molecular complexity index is 819. The second-order valence-electron chi connectivity index (χ2n) is 5.60. The summed E-state index contributed by atoms with van der Waals surface area (Å²) in [7, 11) is 1.48. The zero-order valence-electron chi connectivity index (χ0n) is 14.9. The van der Waals surface area contributed by atoms with E-state index in [1.54, 1.807) is 30.3 Å². The third-order valence-corrected chi connectivity index (χ3v) is 4.17. The predicted octanol–water partition coefficient (Wildman–Crippen LogP) is 2.73. The van der Waals surface area contributed by atoms with E-state index in [4.69, 9.17) is 9.84 Å². The topological polar surface area (TPSA) is 87.7 Å². The first-order chi connectivity index (χ1) is 13.0. The summed E-state index contributed by atoms with van der Waals surface area (Å²) in [5, 5.41) is 14.2. The Balaban J connectivity index is 2.27. The van der Waals surface area contributed by atoms with Gasteiger partial charge in [-0.15, -0.1) is 0 Å². The lowest BCUT2D eigenvalue weighted by molar-refractivity contribution is -0.117. The van der Waals surface area contributed by atoms with E-state index < -0.39 is 11.8 Å². The number of methoxy groups -OCH3 is 1. The molecule has 0 atom stereocenters. The van der Waals surface area contributed by atoms with E-state index in [1.165, 1.54) is 7.11 Å². The number of carbonyl (C=O) groups excluding carboxylic acids is 2. The number of rotatable bonds is 8. The number of benzene rings is 2. The molecule has 7 heteroatoms. The highest BCUT2D eigenvalue weighted by atomic mass is 79.9. The number of ether oxygens (including phenoxy) is 1. The van der Waals surface area contributed by atoms with Gasteiger partial charge in [0, 0.05) is 17.6 Å². The second kappa shape index (κ2) is 10.5. The molecule has 0 aliphatic carbocycles.